The molecule has 0 saturated heterocycles. The first-order chi connectivity index (χ1) is 7.70. The summed E-state index contributed by atoms with van der Waals surface area (Å²) in [6.45, 7) is 0.482. The van der Waals surface area contributed by atoms with Crippen LogP contribution in [0.3, 0.4) is 0 Å². The maximum atomic E-state index is 12.1. The van der Waals surface area contributed by atoms with E-state index < -0.39 is 0 Å². The fourth-order valence-electron chi connectivity index (χ4n) is 2.28. The summed E-state index contributed by atoms with van der Waals surface area (Å²) in [7, 11) is 0. The molecule has 1 amide bonds. The van der Waals surface area contributed by atoms with Gasteiger partial charge >= 0.3 is 0 Å². The van der Waals surface area contributed by atoms with Gasteiger partial charge in [-0.25, -0.2) is 0 Å². The lowest BCUT2D eigenvalue weighted by molar-refractivity contribution is -0.132. The average molecular weight is 218 g/mol. The number of carbonyl (C=O) groups excluding carboxylic acids is 1. The van der Waals surface area contributed by atoms with Crippen LogP contribution in [0.2, 0.25) is 0 Å². The minimum atomic E-state index is -0.298. The fraction of sp³-hybridized carbons (Fsp3) is 0.417. The van der Waals surface area contributed by atoms with Gasteiger partial charge in [0, 0.05) is 5.69 Å². The van der Waals surface area contributed by atoms with Crippen LogP contribution >= 0.6 is 0 Å². The van der Waals surface area contributed by atoms with E-state index in [0.29, 0.717) is 23.7 Å². The van der Waals surface area contributed by atoms with Crippen molar-refractivity contribution in [2.45, 2.75) is 19.3 Å². The second-order valence-corrected chi connectivity index (χ2v) is 4.63. The Bertz CT molecular complexity index is 452. The molecular formula is C12H14N2O2. The van der Waals surface area contributed by atoms with Gasteiger partial charge in [-0.15, -0.1) is 0 Å². The van der Waals surface area contributed by atoms with Crippen molar-refractivity contribution in [2.75, 3.05) is 17.7 Å². The van der Waals surface area contributed by atoms with Crippen molar-refractivity contribution in [1.82, 2.24) is 0 Å². The third kappa shape index (κ3) is 1.26. The van der Waals surface area contributed by atoms with E-state index >= 15 is 0 Å². The van der Waals surface area contributed by atoms with Crippen molar-refractivity contribution in [2.24, 2.45) is 5.41 Å². The number of hydrogen-bond acceptors (Lipinski definition) is 3. The first-order valence-electron chi connectivity index (χ1n) is 5.53. The molecule has 0 bridgehead atoms. The third-order valence-corrected chi connectivity index (χ3v) is 3.55. The molecule has 4 nitrogen and oxygen atoms in total. The molecule has 1 spiro atoms. The molecule has 1 heterocycles. The number of nitrogens with two attached hydrogens (primary N) is 1. The molecule has 84 valence electrons. The summed E-state index contributed by atoms with van der Waals surface area (Å²) < 4.78 is 5.69. The van der Waals surface area contributed by atoms with Crippen LogP contribution in [-0.4, -0.2) is 12.5 Å². The molecule has 3 rings (SSSR count). The first-order valence-corrected chi connectivity index (χ1v) is 5.53. The summed E-state index contributed by atoms with van der Waals surface area (Å²) in [5.41, 5.74) is 6.71. The highest BCUT2D eigenvalue weighted by Gasteiger charge is 2.46. The van der Waals surface area contributed by atoms with E-state index in [1.807, 2.05) is 6.07 Å². The van der Waals surface area contributed by atoms with Gasteiger partial charge in [-0.05, 0) is 31.0 Å². The summed E-state index contributed by atoms with van der Waals surface area (Å²) >= 11 is 0. The zero-order valence-electron chi connectivity index (χ0n) is 8.95. The number of benzene rings is 1. The van der Waals surface area contributed by atoms with Crippen LogP contribution in [0.15, 0.2) is 18.2 Å². The van der Waals surface area contributed by atoms with Gasteiger partial charge in [0.1, 0.15) is 12.4 Å². The van der Waals surface area contributed by atoms with Crippen LogP contribution in [0.1, 0.15) is 19.3 Å². The van der Waals surface area contributed by atoms with E-state index in [0.717, 1.165) is 19.3 Å². The van der Waals surface area contributed by atoms with Crippen molar-refractivity contribution < 1.29 is 9.53 Å². The van der Waals surface area contributed by atoms with E-state index in [1.54, 1.807) is 12.1 Å². The maximum absolute atomic E-state index is 12.1. The predicted molar refractivity (Wildman–Crippen MR) is 61.3 cm³/mol. The molecule has 4 heteroatoms. The van der Waals surface area contributed by atoms with Crippen molar-refractivity contribution in [3.63, 3.8) is 0 Å². The quantitative estimate of drug-likeness (QED) is 0.652. The van der Waals surface area contributed by atoms with Gasteiger partial charge < -0.3 is 15.8 Å². The monoisotopic (exact) mass is 218 g/mol. The number of amides is 1. The van der Waals surface area contributed by atoms with Crippen LogP contribution in [0.4, 0.5) is 11.4 Å². The van der Waals surface area contributed by atoms with E-state index in [2.05, 4.69) is 5.32 Å². The molecule has 1 aromatic rings. The number of hydrogen-bond donors (Lipinski definition) is 2. The minimum Gasteiger partial charge on any atom is -0.490 e. The molecule has 0 aromatic heterocycles. The number of nitrogens with one attached hydrogen (secondary N) is 1. The Morgan fingerprint density at radius 3 is 2.88 bits per heavy atom. The Kier molecular flexibility index (Phi) is 1.87. The smallest absolute Gasteiger partial charge is 0.234 e. The Labute approximate surface area is 93.8 Å². The fourth-order valence-corrected chi connectivity index (χ4v) is 2.28. The highest BCUT2D eigenvalue weighted by Crippen LogP contribution is 2.45. The minimum absolute atomic E-state index is 0.0723. The predicted octanol–water partition coefficient (Wildman–Crippen LogP) is 1.77. The molecule has 1 saturated carbocycles. The second-order valence-electron chi connectivity index (χ2n) is 4.63. The van der Waals surface area contributed by atoms with Crippen LogP contribution < -0.4 is 15.8 Å². The summed E-state index contributed by atoms with van der Waals surface area (Å²) in [6, 6.07) is 5.33. The van der Waals surface area contributed by atoms with Gasteiger partial charge in [-0.2, -0.15) is 0 Å². The van der Waals surface area contributed by atoms with Crippen molar-refractivity contribution in [3.05, 3.63) is 18.2 Å². The van der Waals surface area contributed by atoms with E-state index in [4.69, 9.17) is 10.5 Å². The number of ether oxygens (including phenoxy) is 1. The zero-order valence-corrected chi connectivity index (χ0v) is 8.95. The average Bonchev–Trinajstić information content (AvgIpc) is 2.32. The first kappa shape index (κ1) is 9.51. The van der Waals surface area contributed by atoms with Crippen molar-refractivity contribution in [1.29, 1.82) is 0 Å². The van der Waals surface area contributed by atoms with E-state index in [1.165, 1.54) is 0 Å². The largest absolute Gasteiger partial charge is 0.490 e. The summed E-state index contributed by atoms with van der Waals surface area (Å²) in [6.07, 6.45) is 2.94. The number of nitrogen functional groups attached to an aromatic ring is 1. The van der Waals surface area contributed by atoms with Gasteiger partial charge in [0.05, 0.1) is 11.1 Å². The molecule has 1 aliphatic heterocycles. The van der Waals surface area contributed by atoms with E-state index in [-0.39, 0.29) is 11.3 Å². The van der Waals surface area contributed by atoms with Gasteiger partial charge in [0.2, 0.25) is 5.91 Å². The lowest BCUT2D eigenvalue weighted by Gasteiger charge is -2.37. The molecule has 16 heavy (non-hydrogen) atoms. The number of carbonyl (C=O) groups is 1. The summed E-state index contributed by atoms with van der Waals surface area (Å²) in [4.78, 5) is 12.1. The maximum Gasteiger partial charge on any atom is 0.234 e. The SMILES string of the molecule is Nc1ccc2c(c1)NC(=O)C1(CCC1)CO2. The van der Waals surface area contributed by atoms with Gasteiger partial charge in [0.15, 0.2) is 0 Å². The van der Waals surface area contributed by atoms with Gasteiger partial charge in [0.25, 0.3) is 0 Å². The Hall–Kier alpha value is -1.71. The lowest BCUT2D eigenvalue weighted by Crippen LogP contribution is -2.45. The molecule has 0 unspecified atom stereocenters. The van der Waals surface area contributed by atoms with E-state index in [9.17, 15) is 4.79 Å². The highest BCUT2D eigenvalue weighted by molar-refractivity contribution is 5.98. The van der Waals surface area contributed by atoms with Crippen LogP contribution in [0, 0.1) is 5.41 Å². The molecule has 1 aliphatic carbocycles. The summed E-state index contributed by atoms with van der Waals surface area (Å²) in [5, 5.41) is 2.91. The Morgan fingerprint density at radius 1 is 1.38 bits per heavy atom. The van der Waals surface area contributed by atoms with Crippen LogP contribution in [0.5, 0.6) is 5.75 Å². The second kappa shape index (κ2) is 3.14. The zero-order chi connectivity index (χ0) is 11.2. The molecule has 1 fully saturated rings. The van der Waals surface area contributed by atoms with Crippen LogP contribution in [0.25, 0.3) is 0 Å². The van der Waals surface area contributed by atoms with Crippen molar-refractivity contribution in [3.8, 4) is 5.75 Å². The number of anilines is 2. The van der Waals surface area contributed by atoms with Crippen molar-refractivity contribution >= 4 is 17.3 Å². The topological polar surface area (TPSA) is 64.3 Å². The highest BCUT2D eigenvalue weighted by atomic mass is 16.5. The number of rotatable bonds is 0. The molecule has 2 aliphatic rings. The standard InChI is InChI=1S/C12H14N2O2/c13-8-2-3-10-9(6-8)14-11(15)12(7-16-10)4-1-5-12/h2-3,6H,1,4-5,7,13H2,(H,14,15). The Morgan fingerprint density at radius 2 is 2.19 bits per heavy atom. The van der Waals surface area contributed by atoms with Gasteiger partial charge in [-0.1, -0.05) is 6.42 Å². The van der Waals surface area contributed by atoms with Gasteiger partial charge in [-0.3, -0.25) is 4.79 Å². The third-order valence-electron chi connectivity index (χ3n) is 3.55. The molecule has 0 radical (unpaired) electrons. The molecular weight excluding hydrogens is 204 g/mol. The number of fused-ring (bicyclic) bond motifs is 1. The molecule has 1 aromatic carbocycles. The molecule has 3 N–H and O–H groups in total. The van der Waals surface area contributed by atoms with Crippen LogP contribution in [-0.2, 0) is 4.79 Å². The summed E-state index contributed by atoms with van der Waals surface area (Å²) in [5.74, 6) is 0.787. The lowest BCUT2D eigenvalue weighted by atomic mass is 9.69. The Balaban J connectivity index is 1.97. The normalized spacial score (nSPS) is 21.4. The molecule has 0 atom stereocenters.